The largest absolute Gasteiger partial charge is 0.434 e. The van der Waals surface area contributed by atoms with Crippen molar-refractivity contribution < 1.29 is 13.5 Å². The zero-order chi connectivity index (χ0) is 10.7. The molecular formula is C8H7Br2F2NO. The normalized spacial score (nSPS) is 10.7. The van der Waals surface area contributed by atoms with Gasteiger partial charge in [0.2, 0.25) is 0 Å². The lowest BCUT2D eigenvalue weighted by atomic mass is 10.2. The van der Waals surface area contributed by atoms with E-state index in [0.29, 0.717) is 10.0 Å². The molecular weight excluding hydrogens is 324 g/mol. The molecule has 0 aliphatic heterocycles. The maximum Gasteiger partial charge on any atom is 0.387 e. The molecule has 0 spiro atoms. The van der Waals surface area contributed by atoms with E-state index in [2.05, 4.69) is 36.6 Å². The summed E-state index contributed by atoms with van der Waals surface area (Å²) in [7, 11) is 0. The lowest BCUT2D eigenvalue weighted by Crippen LogP contribution is -2.07. The molecule has 0 aliphatic rings. The molecule has 0 saturated carbocycles. The summed E-state index contributed by atoms with van der Waals surface area (Å²) >= 11 is 6.43. The van der Waals surface area contributed by atoms with Crippen LogP contribution in [0, 0.1) is 0 Å². The molecule has 2 nitrogen and oxygen atoms in total. The van der Waals surface area contributed by atoms with Crippen LogP contribution in [0.5, 0.6) is 5.75 Å². The molecule has 1 rings (SSSR count). The quantitative estimate of drug-likeness (QED) is 0.923. The number of hydrogen-bond acceptors (Lipinski definition) is 2. The van der Waals surface area contributed by atoms with Gasteiger partial charge in [0.05, 0.1) is 0 Å². The molecule has 0 bridgehead atoms. The van der Waals surface area contributed by atoms with E-state index in [-0.39, 0.29) is 12.3 Å². The summed E-state index contributed by atoms with van der Waals surface area (Å²) < 4.78 is 29.7. The summed E-state index contributed by atoms with van der Waals surface area (Å²) in [6.07, 6.45) is 0. The van der Waals surface area contributed by atoms with Gasteiger partial charge in [0.1, 0.15) is 5.75 Å². The number of hydrogen-bond donors (Lipinski definition) is 1. The molecule has 0 saturated heterocycles. The van der Waals surface area contributed by atoms with Crippen LogP contribution in [-0.4, -0.2) is 6.61 Å². The van der Waals surface area contributed by atoms with Crippen LogP contribution in [-0.2, 0) is 6.54 Å². The van der Waals surface area contributed by atoms with Crippen LogP contribution in [0.25, 0.3) is 0 Å². The Hall–Kier alpha value is -0.200. The Labute approximate surface area is 96.7 Å². The Kier molecular flexibility index (Phi) is 4.28. The Balaban J connectivity index is 3.07. The topological polar surface area (TPSA) is 35.2 Å². The van der Waals surface area contributed by atoms with E-state index in [4.69, 9.17) is 5.73 Å². The standard InChI is InChI=1S/C8H7Br2F2NO/c9-5-1-4(3-13)7(2-6(5)10)14-8(11)12/h1-2,8H,3,13H2. The van der Waals surface area contributed by atoms with E-state index in [1.165, 1.54) is 6.07 Å². The zero-order valence-corrected chi connectivity index (χ0v) is 10.1. The van der Waals surface area contributed by atoms with Gasteiger partial charge >= 0.3 is 6.61 Å². The van der Waals surface area contributed by atoms with Gasteiger partial charge in [-0.25, -0.2) is 0 Å². The van der Waals surface area contributed by atoms with Gasteiger partial charge in [0, 0.05) is 21.1 Å². The fraction of sp³-hybridized carbons (Fsp3) is 0.250. The van der Waals surface area contributed by atoms with E-state index < -0.39 is 6.61 Å². The molecule has 0 unspecified atom stereocenters. The molecule has 0 fully saturated rings. The van der Waals surface area contributed by atoms with E-state index in [1.54, 1.807) is 6.07 Å². The summed E-state index contributed by atoms with van der Waals surface area (Å²) in [5, 5.41) is 0. The van der Waals surface area contributed by atoms with Crippen molar-refractivity contribution >= 4 is 31.9 Å². The van der Waals surface area contributed by atoms with Crippen molar-refractivity contribution in [2.75, 3.05) is 0 Å². The van der Waals surface area contributed by atoms with Gasteiger partial charge in [-0.1, -0.05) is 0 Å². The Morgan fingerprint density at radius 1 is 1.29 bits per heavy atom. The number of halogens is 4. The van der Waals surface area contributed by atoms with Gasteiger partial charge in [-0.05, 0) is 44.0 Å². The second-order valence-electron chi connectivity index (χ2n) is 2.46. The van der Waals surface area contributed by atoms with Gasteiger partial charge in [0.15, 0.2) is 0 Å². The third-order valence-electron chi connectivity index (χ3n) is 1.54. The maximum atomic E-state index is 12.0. The first-order chi connectivity index (χ1) is 6.54. The molecule has 0 radical (unpaired) electrons. The first kappa shape index (κ1) is 11.9. The smallest absolute Gasteiger partial charge is 0.387 e. The van der Waals surface area contributed by atoms with Crippen LogP contribution < -0.4 is 10.5 Å². The van der Waals surface area contributed by atoms with Gasteiger partial charge in [-0.2, -0.15) is 8.78 Å². The van der Waals surface area contributed by atoms with E-state index in [1.807, 2.05) is 0 Å². The Bertz CT molecular complexity index is 333. The van der Waals surface area contributed by atoms with Crippen LogP contribution in [0.4, 0.5) is 8.78 Å². The Morgan fingerprint density at radius 2 is 1.86 bits per heavy atom. The van der Waals surface area contributed by atoms with Crippen molar-refractivity contribution in [2.45, 2.75) is 13.2 Å². The Morgan fingerprint density at radius 3 is 2.36 bits per heavy atom. The number of rotatable bonds is 3. The van der Waals surface area contributed by atoms with Crippen LogP contribution >= 0.6 is 31.9 Å². The highest BCUT2D eigenvalue weighted by Gasteiger charge is 2.11. The number of ether oxygens (including phenoxy) is 1. The number of alkyl halides is 2. The molecule has 2 N–H and O–H groups in total. The van der Waals surface area contributed by atoms with E-state index in [0.717, 1.165) is 4.47 Å². The molecule has 0 heterocycles. The summed E-state index contributed by atoms with van der Waals surface area (Å²) in [5.41, 5.74) is 5.91. The summed E-state index contributed by atoms with van der Waals surface area (Å²) in [6, 6.07) is 3.10. The molecule has 14 heavy (non-hydrogen) atoms. The highest BCUT2D eigenvalue weighted by atomic mass is 79.9. The maximum absolute atomic E-state index is 12.0. The third-order valence-corrected chi connectivity index (χ3v) is 3.38. The predicted octanol–water partition coefficient (Wildman–Crippen LogP) is 3.27. The predicted molar refractivity (Wildman–Crippen MR) is 56.4 cm³/mol. The highest BCUT2D eigenvalue weighted by Crippen LogP contribution is 2.31. The lowest BCUT2D eigenvalue weighted by molar-refractivity contribution is -0.0504. The van der Waals surface area contributed by atoms with Crippen LogP contribution in [0.15, 0.2) is 21.1 Å². The van der Waals surface area contributed by atoms with Gasteiger partial charge in [-0.3, -0.25) is 0 Å². The fourth-order valence-electron chi connectivity index (χ4n) is 0.935. The van der Waals surface area contributed by atoms with Crippen molar-refractivity contribution in [3.63, 3.8) is 0 Å². The van der Waals surface area contributed by atoms with Crippen molar-refractivity contribution in [1.29, 1.82) is 0 Å². The molecule has 78 valence electrons. The molecule has 1 aromatic rings. The van der Waals surface area contributed by atoms with Crippen molar-refractivity contribution in [3.05, 3.63) is 26.6 Å². The van der Waals surface area contributed by atoms with Gasteiger partial charge in [-0.15, -0.1) is 0 Å². The van der Waals surface area contributed by atoms with Crippen molar-refractivity contribution in [2.24, 2.45) is 5.73 Å². The average Bonchev–Trinajstić information content (AvgIpc) is 2.10. The second-order valence-corrected chi connectivity index (χ2v) is 4.17. The van der Waals surface area contributed by atoms with E-state index >= 15 is 0 Å². The fourth-order valence-corrected chi connectivity index (χ4v) is 1.65. The minimum absolute atomic E-state index is 0.0950. The lowest BCUT2D eigenvalue weighted by Gasteiger charge is -2.10. The molecule has 6 heteroatoms. The van der Waals surface area contributed by atoms with Crippen molar-refractivity contribution in [1.82, 2.24) is 0 Å². The summed E-state index contributed by atoms with van der Waals surface area (Å²) in [4.78, 5) is 0. The summed E-state index contributed by atoms with van der Waals surface area (Å²) in [6.45, 7) is -2.69. The minimum Gasteiger partial charge on any atom is -0.434 e. The highest BCUT2D eigenvalue weighted by molar-refractivity contribution is 9.13. The molecule has 0 amide bonds. The first-order valence-electron chi connectivity index (χ1n) is 3.67. The van der Waals surface area contributed by atoms with Crippen LogP contribution in [0.2, 0.25) is 0 Å². The second kappa shape index (κ2) is 5.04. The first-order valence-corrected chi connectivity index (χ1v) is 5.26. The SMILES string of the molecule is NCc1cc(Br)c(Br)cc1OC(F)F. The molecule has 1 aromatic carbocycles. The van der Waals surface area contributed by atoms with Gasteiger partial charge in [0.25, 0.3) is 0 Å². The number of benzene rings is 1. The van der Waals surface area contributed by atoms with Crippen molar-refractivity contribution in [3.8, 4) is 5.75 Å². The van der Waals surface area contributed by atoms with E-state index in [9.17, 15) is 8.78 Å². The third kappa shape index (κ3) is 2.90. The molecule has 0 aliphatic carbocycles. The number of nitrogens with two attached hydrogens (primary N) is 1. The molecule has 0 atom stereocenters. The minimum atomic E-state index is -2.84. The monoisotopic (exact) mass is 329 g/mol. The van der Waals surface area contributed by atoms with Gasteiger partial charge < -0.3 is 10.5 Å². The van der Waals surface area contributed by atoms with Crippen LogP contribution in [0.3, 0.4) is 0 Å². The van der Waals surface area contributed by atoms with Crippen LogP contribution in [0.1, 0.15) is 5.56 Å². The summed E-state index contributed by atoms with van der Waals surface area (Å²) in [5.74, 6) is 0.0950. The zero-order valence-electron chi connectivity index (χ0n) is 6.94. The molecule has 0 aromatic heterocycles. The average molecular weight is 331 g/mol.